The lowest BCUT2D eigenvalue weighted by Crippen LogP contribution is -2.28. The number of methoxy groups -OCH3 is 1. The van der Waals surface area contributed by atoms with Crippen molar-refractivity contribution in [1.29, 1.82) is 0 Å². The van der Waals surface area contributed by atoms with E-state index in [0.717, 1.165) is 12.1 Å². The topological polar surface area (TPSA) is 122 Å². The first-order chi connectivity index (χ1) is 14.4. The summed E-state index contributed by atoms with van der Waals surface area (Å²) in [4.78, 5) is 35.6. The van der Waals surface area contributed by atoms with Crippen LogP contribution in [-0.4, -0.2) is 41.1 Å². The zero-order valence-corrected chi connectivity index (χ0v) is 15.8. The molecule has 0 unspecified atom stereocenters. The van der Waals surface area contributed by atoms with E-state index in [1.165, 1.54) is 23.8 Å². The van der Waals surface area contributed by atoms with E-state index in [-0.39, 0.29) is 23.7 Å². The van der Waals surface area contributed by atoms with E-state index in [1.54, 1.807) is 24.3 Å². The number of para-hydroxylation sites is 1. The molecule has 30 heavy (non-hydrogen) atoms. The number of hydrogen-bond donors (Lipinski definition) is 2. The number of ether oxygens (including phenoxy) is 1. The van der Waals surface area contributed by atoms with Crippen LogP contribution < -0.4 is 5.32 Å². The molecule has 2 amide bonds. The zero-order valence-electron chi connectivity index (χ0n) is 15.8. The first-order valence-corrected chi connectivity index (χ1v) is 8.76. The Balaban J connectivity index is 1.74. The summed E-state index contributed by atoms with van der Waals surface area (Å²) in [7, 11) is 1.23. The van der Waals surface area contributed by atoms with Gasteiger partial charge >= 0.3 is 5.97 Å². The molecule has 3 rings (SSSR count). The summed E-state index contributed by atoms with van der Waals surface area (Å²) in [6, 6.07) is 11.6. The highest BCUT2D eigenvalue weighted by atomic mass is 19.1. The van der Waals surface area contributed by atoms with Gasteiger partial charge < -0.3 is 15.2 Å². The molecule has 0 spiro atoms. The molecule has 10 heteroatoms. The van der Waals surface area contributed by atoms with Crippen molar-refractivity contribution < 1.29 is 28.6 Å². The van der Waals surface area contributed by atoms with Crippen molar-refractivity contribution in [1.82, 2.24) is 9.88 Å². The van der Waals surface area contributed by atoms with Gasteiger partial charge in [0.15, 0.2) is 5.69 Å². The predicted molar refractivity (Wildman–Crippen MR) is 104 cm³/mol. The van der Waals surface area contributed by atoms with Crippen LogP contribution in [0.2, 0.25) is 0 Å². The standard InChI is InChI=1S/C20H17FN4O5/c1-30-17(27)11-25-15-5-3-2-4-14(15)18(20(25)29)24-23-16(26)10-22-19(28)12-6-8-13(21)9-7-12/h2-9,29H,10-11H2,1H3,(H,22,28). The van der Waals surface area contributed by atoms with E-state index >= 15 is 0 Å². The molecule has 0 aliphatic heterocycles. The summed E-state index contributed by atoms with van der Waals surface area (Å²) in [6.07, 6.45) is 0. The molecule has 0 bridgehead atoms. The first-order valence-electron chi connectivity index (χ1n) is 8.76. The number of hydrogen-bond acceptors (Lipinski definition) is 6. The summed E-state index contributed by atoms with van der Waals surface area (Å²) >= 11 is 0. The fourth-order valence-corrected chi connectivity index (χ4v) is 2.72. The van der Waals surface area contributed by atoms with Gasteiger partial charge in [0.1, 0.15) is 18.9 Å². The van der Waals surface area contributed by atoms with E-state index in [0.29, 0.717) is 10.9 Å². The van der Waals surface area contributed by atoms with Crippen molar-refractivity contribution >= 4 is 34.4 Å². The normalized spacial score (nSPS) is 11.0. The number of nitrogens with one attached hydrogen (secondary N) is 1. The number of benzene rings is 2. The average Bonchev–Trinajstić information content (AvgIpc) is 3.02. The molecule has 0 radical (unpaired) electrons. The minimum Gasteiger partial charge on any atom is -0.493 e. The number of rotatable bonds is 6. The maximum Gasteiger partial charge on any atom is 0.325 e. The van der Waals surface area contributed by atoms with Crippen molar-refractivity contribution in [2.45, 2.75) is 6.54 Å². The van der Waals surface area contributed by atoms with Crippen molar-refractivity contribution in [3.8, 4) is 5.88 Å². The van der Waals surface area contributed by atoms with Gasteiger partial charge in [-0.05, 0) is 30.3 Å². The van der Waals surface area contributed by atoms with Crippen LogP contribution in [0.3, 0.4) is 0 Å². The Bertz CT molecular complexity index is 1140. The van der Waals surface area contributed by atoms with Gasteiger partial charge in [0.2, 0.25) is 5.88 Å². The number of fused-ring (bicyclic) bond motifs is 1. The lowest BCUT2D eigenvalue weighted by molar-refractivity contribution is -0.141. The third-order valence-corrected chi connectivity index (χ3v) is 4.20. The van der Waals surface area contributed by atoms with Crippen LogP contribution in [-0.2, 0) is 20.9 Å². The molecule has 3 aromatic rings. The molecule has 1 heterocycles. The van der Waals surface area contributed by atoms with E-state index in [2.05, 4.69) is 20.3 Å². The molecular formula is C20H17FN4O5. The van der Waals surface area contributed by atoms with Crippen LogP contribution >= 0.6 is 0 Å². The van der Waals surface area contributed by atoms with Gasteiger partial charge in [-0.25, -0.2) is 4.39 Å². The predicted octanol–water partition coefficient (Wildman–Crippen LogP) is 2.70. The van der Waals surface area contributed by atoms with E-state index in [9.17, 15) is 23.9 Å². The van der Waals surface area contributed by atoms with Crippen LogP contribution in [0.15, 0.2) is 58.8 Å². The SMILES string of the molecule is COC(=O)Cn1c(O)c(N=NC(=O)CNC(=O)c2ccc(F)cc2)c2ccccc21. The molecule has 0 aliphatic carbocycles. The number of carbonyl (C=O) groups is 3. The third-order valence-electron chi connectivity index (χ3n) is 4.20. The van der Waals surface area contributed by atoms with Crippen LogP contribution in [0, 0.1) is 5.82 Å². The zero-order chi connectivity index (χ0) is 21.7. The lowest BCUT2D eigenvalue weighted by atomic mass is 10.2. The van der Waals surface area contributed by atoms with Crippen molar-refractivity contribution in [3.63, 3.8) is 0 Å². The molecule has 0 aliphatic rings. The minimum atomic E-state index is -0.769. The van der Waals surface area contributed by atoms with Crippen LogP contribution in [0.25, 0.3) is 10.9 Å². The fourth-order valence-electron chi connectivity index (χ4n) is 2.72. The van der Waals surface area contributed by atoms with Crippen molar-refractivity contribution in [2.75, 3.05) is 13.7 Å². The van der Waals surface area contributed by atoms with Gasteiger partial charge in [0.25, 0.3) is 11.8 Å². The number of esters is 1. The van der Waals surface area contributed by atoms with Gasteiger partial charge in [-0.1, -0.05) is 18.2 Å². The summed E-state index contributed by atoms with van der Waals surface area (Å²) in [5.74, 6) is -2.75. The maximum atomic E-state index is 12.9. The largest absolute Gasteiger partial charge is 0.493 e. The third kappa shape index (κ3) is 4.49. The molecule has 1 aromatic heterocycles. The second kappa shape index (κ2) is 8.95. The van der Waals surface area contributed by atoms with Gasteiger partial charge in [-0.2, -0.15) is 0 Å². The van der Waals surface area contributed by atoms with E-state index in [4.69, 9.17) is 0 Å². The number of aromatic nitrogens is 1. The Morgan fingerprint density at radius 2 is 1.83 bits per heavy atom. The molecular weight excluding hydrogens is 395 g/mol. The average molecular weight is 412 g/mol. The number of carbonyl (C=O) groups excluding carboxylic acids is 3. The Hall–Kier alpha value is -4.08. The Labute approximate surface area is 169 Å². The lowest BCUT2D eigenvalue weighted by Gasteiger charge is -2.04. The molecule has 2 N–H and O–H groups in total. The Morgan fingerprint density at radius 1 is 1.13 bits per heavy atom. The maximum absolute atomic E-state index is 12.9. The van der Waals surface area contributed by atoms with Crippen LogP contribution in [0.5, 0.6) is 5.88 Å². The summed E-state index contributed by atoms with van der Waals surface area (Å²) in [5.41, 5.74) is 0.698. The number of halogens is 1. The van der Waals surface area contributed by atoms with Gasteiger partial charge in [0.05, 0.1) is 12.6 Å². The second-order valence-corrected chi connectivity index (χ2v) is 6.13. The highest BCUT2D eigenvalue weighted by Crippen LogP contribution is 2.38. The molecule has 2 aromatic carbocycles. The first kappa shape index (κ1) is 20.6. The summed E-state index contributed by atoms with van der Waals surface area (Å²) in [6.45, 7) is -0.693. The van der Waals surface area contributed by atoms with E-state index in [1.807, 2.05) is 0 Å². The summed E-state index contributed by atoms with van der Waals surface area (Å²) in [5, 5.41) is 20.6. The highest BCUT2D eigenvalue weighted by Gasteiger charge is 2.19. The second-order valence-electron chi connectivity index (χ2n) is 6.13. The van der Waals surface area contributed by atoms with Crippen molar-refractivity contribution in [2.24, 2.45) is 10.2 Å². The number of aromatic hydroxyl groups is 1. The Morgan fingerprint density at radius 3 is 2.53 bits per heavy atom. The number of azo groups is 1. The monoisotopic (exact) mass is 412 g/mol. The number of nitrogens with zero attached hydrogens (tertiary/aromatic N) is 3. The van der Waals surface area contributed by atoms with Gasteiger partial charge in [-0.15, -0.1) is 10.2 Å². The van der Waals surface area contributed by atoms with Gasteiger partial charge in [-0.3, -0.25) is 19.0 Å². The molecule has 0 fully saturated rings. The summed E-state index contributed by atoms with van der Waals surface area (Å²) < 4.78 is 18.8. The van der Waals surface area contributed by atoms with Crippen LogP contribution in [0.4, 0.5) is 10.1 Å². The smallest absolute Gasteiger partial charge is 0.325 e. The van der Waals surface area contributed by atoms with E-state index < -0.39 is 30.1 Å². The molecule has 154 valence electrons. The quantitative estimate of drug-likeness (QED) is 0.476. The Kier molecular flexibility index (Phi) is 6.16. The molecule has 0 saturated carbocycles. The molecule has 0 saturated heterocycles. The molecule has 9 nitrogen and oxygen atoms in total. The minimum absolute atomic E-state index is 0.00714. The van der Waals surface area contributed by atoms with Crippen molar-refractivity contribution in [3.05, 3.63) is 59.9 Å². The highest BCUT2D eigenvalue weighted by molar-refractivity contribution is 5.97. The number of amides is 2. The van der Waals surface area contributed by atoms with Gasteiger partial charge in [0, 0.05) is 10.9 Å². The fraction of sp³-hybridized carbons (Fsp3) is 0.150. The molecule has 0 atom stereocenters. The van der Waals surface area contributed by atoms with Crippen LogP contribution in [0.1, 0.15) is 10.4 Å².